The fourth-order valence-electron chi connectivity index (χ4n) is 2.39. The zero-order valence-corrected chi connectivity index (χ0v) is 13.4. The average molecular weight is 292 g/mol. The first-order valence-electron chi connectivity index (χ1n) is 7.41. The zero-order chi connectivity index (χ0) is 15.7. The quantitative estimate of drug-likeness (QED) is 0.719. The molecule has 4 nitrogen and oxygen atoms in total. The van der Waals surface area contributed by atoms with Gasteiger partial charge in [0.25, 0.3) is 0 Å². The molecule has 4 heteroatoms. The average Bonchev–Trinajstić information content (AvgIpc) is 2.87. The van der Waals surface area contributed by atoms with Crippen LogP contribution in [0.5, 0.6) is 0 Å². The minimum Gasteiger partial charge on any atom is -0.211 e. The molecule has 0 saturated heterocycles. The van der Waals surface area contributed by atoms with Crippen LogP contribution in [0.15, 0.2) is 36.5 Å². The summed E-state index contributed by atoms with van der Waals surface area (Å²) in [6, 6.07) is 10.2. The van der Waals surface area contributed by atoms with E-state index in [-0.39, 0.29) is 5.41 Å². The third-order valence-electron chi connectivity index (χ3n) is 3.58. The highest BCUT2D eigenvalue weighted by Crippen LogP contribution is 2.25. The summed E-state index contributed by atoms with van der Waals surface area (Å²) in [6.45, 7) is 8.41. The molecule has 0 aliphatic rings. The van der Waals surface area contributed by atoms with Crippen LogP contribution in [-0.4, -0.2) is 19.8 Å². The first-order valence-corrected chi connectivity index (χ1v) is 7.41. The molecule has 2 heterocycles. The molecule has 112 valence electrons. The Bertz CT molecular complexity index is 823. The van der Waals surface area contributed by atoms with E-state index in [9.17, 15) is 0 Å². The Morgan fingerprint density at radius 3 is 2.41 bits per heavy atom. The molecule has 0 N–H and O–H groups in total. The van der Waals surface area contributed by atoms with Gasteiger partial charge in [0, 0.05) is 11.0 Å². The molecular weight excluding hydrogens is 272 g/mol. The maximum Gasteiger partial charge on any atom is 0.180 e. The monoisotopic (exact) mass is 292 g/mol. The Kier molecular flexibility index (Phi) is 3.53. The Hall–Kier alpha value is -2.49. The van der Waals surface area contributed by atoms with Crippen LogP contribution in [0.3, 0.4) is 0 Å². The van der Waals surface area contributed by atoms with Crippen LogP contribution in [0.2, 0.25) is 0 Å². The van der Waals surface area contributed by atoms with E-state index in [0.717, 1.165) is 28.2 Å². The van der Waals surface area contributed by atoms with E-state index in [4.69, 9.17) is 0 Å². The van der Waals surface area contributed by atoms with E-state index in [1.165, 1.54) is 0 Å². The van der Waals surface area contributed by atoms with Crippen molar-refractivity contribution in [3.63, 3.8) is 0 Å². The number of rotatable bonds is 2. The van der Waals surface area contributed by atoms with Crippen molar-refractivity contribution in [2.75, 3.05) is 0 Å². The van der Waals surface area contributed by atoms with Gasteiger partial charge in [-0.3, -0.25) is 0 Å². The first kappa shape index (κ1) is 14.4. The number of aromatic nitrogens is 4. The lowest BCUT2D eigenvalue weighted by Gasteiger charge is -2.19. The Morgan fingerprint density at radius 1 is 1.00 bits per heavy atom. The van der Waals surface area contributed by atoms with Crippen LogP contribution in [0.1, 0.15) is 43.3 Å². The van der Waals surface area contributed by atoms with E-state index in [2.05, 4.69) is 60.4 Å². The van der Waals surface area contributed by atoms with Crippen LogP contribution in [0.4, 0.5) is 0 Å². The SMILES string of the molecule is Cc1cnn2c(/C=C/c3ccccc3)c(C(C)(C)C)nnc12. The number of hydrogen-bond acceptors (Lipinski definition) is 3. The smallest absolute Gasteiger partial charge is 0.180 e. The number of benzene rings is 1. The Morgan fingerprint density at radius 2 is 1.73 bits per heavy atom. The van der Waals surface area contributed by atoms with Gasteiger partial charge in [-0.2, -0.15) is 10.2 Å². The second-order valence-electron chi connectivity index (χ2n) is 6.49. The van der Waals surface area contributed by atoms with Crippen molar-refractivity contribution < 1.29 is 0 Å². The highest BCUT2D eigenvalue weighted by atomic mass is 15.3. The van der Waals surface area contributed by atoms with Gasteiger partial charge in [-0.15, -0.1) is 5.10 Å². The number of nitrogens with zero attached hydrogens (tertiary/aromatic N) is 4. The van der Waals surface area contributed by atoms with Crippen LogP contribution < -0.4 is 0 Å². The lowest BCUT2D eigenvalue weighted by Crippen LogP contribution is -2.19. The van der Waals surface area contributed by atoms with Crippen molar-refractivity contribution in [2.24, 2.45) is 0 Å². The van der Waals surface area contributed by atoms with Crippen molar-refractivity contribution >= 4 is 17.8 Å². The summed E-state index contributed by atoms with van der Waals surface area (Å²) < 4.78 is 1.88. The molecule has 0 fully saturated rings. The third kappa shape index (κ3) is 2.64. The lowest BCUT2D eigenvalue weighted by molar-refractivity contribution is 0.549. The summed E-state index contributed by atoms with van der Waals surface area (Å²) in [5.41, 5.74) is 4.81. The fourth-order valence-corrected chi connectivity index (χ4v) is 2.39. The maximum atomic E-state index is 4.47. The van der Waals surface area contributed by atoms with Crippen molar-refractivity contribution in [1.82, 2.24) is 19.8 Å². The van der Waals surface area contributed by atoms with Gasteiger partial charge in [0.1, 0.15) is 0 Å². The molecule has 0 radical (unpaired) electrons. The molecule has 0 bridgehead atoms. The Balaban J connectivity index is 2.19. The normalized spacial score (nSPS) is 12.4. The minimum absolute atomic E-state index is 0.0998. The van der Waals surface area contributed by atoms with Gasteiger partial charge in [-0.05, 0) is 18.6 Å². The van der Waals surface area contributed by atoms with Crippen LogP contribution in [0.25, 0.3) is 17.8 Å². The number of aryl methyl sites for hydroxylation is 1. The molecule has 0 spiro atoms. The molecule has 1 aromatic carbocycles. The molecule has 0 aliphatic carbocycles. The van der Waals surface area contributed by atoms with Gasteiger partial charge >= 0.3 is 0 Å². The van der Waals surface area contributed by atoms with Crippen molar-refractivity contribution in [1.29, 1.82) is 0 Å². The van der Waals surface area contributed by atoms with E-state index in [1.54, 1.807) is 0 Å². The van der Waals surface area contributed by atoms with E-state index in [1.807, 2.05) is 35.8 Å². The largest absolute Gasteiger partial charge is 0.211 e. The second-order valence-corrected chi connectivity index (χ2v) is 6.49. The zero-order valence-electron chi connectivity index (χ0n) is 13.4. The van der Waals surface area contributed by atoms with Crippen molar-refractivity contribution in [3.05, 3.63) is 59.0 Å². The van der Waals surface area contributed by atoms with Gasteiger partial charge in [0.15, 0.2) is 5.65 Å². The van der Waals surface area contributed by atoms with Gasteiger partial charge < -0.3 is 0 Å². The highest BCUT2D eigenvalue weighted by molar-refractivity contribution is 5.70. The summed E-state index contributed by atoms with van der Waals surface area (Å²) in [5, 5.41) is 13.3. The van der Waals surface area contributed by atoms with Crippen LogP contribution in [0, 0.1) is 6.92 Å². The molecule has 0 atom stereocenters. The van der Waals surface area contributed by atoms with Gasteiger partial charge in [0.2, 0.25) is 0 Å². The topological polar surface area (TPSA) is 43.1 Å². The first-order chi connectivity index (χ1) is 10.5. The predicted molar refractivity (Wildman–Crippen MR) is 89.6 cm³/mol. The summed E-state index contributed by atoms with van der Waals surface area (Å²) in [5.74, 6) is 0. The molecule has 3 rings (SSSR count). The molecule has 22 heavy (non-hydrogen) atoms. The van der Waals surface area contributed by atoms with Crippen LogP contribution in [-0.2, 0) is 5.41 Å². The number of hydrogen-bond donors (Lipinski definition) is 0. The molecule has 0 saturated carbocycles. The maximum absolute atomic E-state index is 4.47. The van der Waals surface area contributed by atoms with E-state index < -0.39 is 0 Å². The molecule has 0 aliphatic heterocycles. The molecule has 3 aromatic rings. The molecule has 0 unspecified atom stereocenters. The lowest BCUT2D eigenvalue weighted by atomic mass is 9.90. The molecule has 2 aromatic heterocycles. The summed E-state index contributed by atoms with van der Waals surface area (Å²) >= 11 is 0. The standard InChI is InChI=1S/C18H20N4/c1-13-12-19-22-15(11-10-14-8-6-5-7-9-14)16(18(2,3)4)20-21-17(13)22/h5-12H,1-4H3/b11-10+. The highest BCUT2D eigenvalue weighted by Gasteiger charge is 2.22. The summed E-state index contributed by atoms with van der Waals surface area (Å²) in [7, 11) is 0. The third-order valence-corrected chi connectivity index (χ3v) is 3.58. The number of fused-ring (bicyclic) bond motifs is 1. The van der Waals surface area contributed by atoms with Gasteiger partial charge in [-0.25, -0.2) is 4.52 Å². The summed E-state index contributed by atoms with van der Waals surface area (Å²) in [6.07, 6.45) is 5.99. The fraction of sp³-hybridized carbons (Fsp3) is 0.278. The predicted octanol–water partition coefficient (Wildman–Crippen LogP) is 3.90. The van der Waals surface area contributed by atoms with Gasteiger partial charge in [-0.1, -0.05) is 57.2 Å². The minimum atomic E-state index is -0.0998. The Labute approximate surface area is 130 Å². The van der Waals surface area contributed by atoms with E-state index >= 15 is 0 Å². The van der Waals surface area contributed by atoms with Crippen LogP contribution >= 0.6 is 0 Å². The second kappa shape index (κ2) is 5.37. The van der Waals surface area contributed by atoms with E-state index in [0.29, 0.717) is 0 Å². The molecule has 0 amide bonds. The van der Waals surface area contributed by atoms with Gasteiger partial charge in [0.05, 0.1) is 17.6 Å². The van der Waals surface area contributed by atoms with Crippen molar-refractivity contribution in [2.45, 2.75) is 33.1 Å². The molecular formula is C18H20N4. The summed E-state index contributed by atoms with van der Waals surface area (Å²) in [4.78, 5) is 0. The van der Waals surface area contributed by atoms with Crippen molar-refractivity contribution in [3.8, 4) is 0 Å².